The third-order valence-electron chi connectivity index (χ3n) is 3.69. The maximum absolute atomic E-state index is 6.50. The SMILES string of the molecule is Cc1ccc(C)c(-n2nc3c(c2Cl)CCCC3)c1. The molecule has 0 bridgehead atoms. The Labute approximate surface area is 113 Å². The Morgan fingerprint density at radius 2 is 1.94 bits per heavy atom. The molecular formula is C15H17ClN2. The minimum atomic E-state index is 0.804. The minimum Gasteiger partial charge on any atom is -0.221 e. The van der Waals surface area contributed by atoms with Gasteiger partial charge in [0.2, 0.25) is 0 Å². The Balaban J connectivity index is 2.17. The van der Waals surface area contributed by atoms with Gasteiger partial charge in [-0.3, -0.25) is 0 Å². The summed E-state index contributed by atoms with van der Waals surface area (Å²) in [6.45, 7) is 4.20. The number of rotatable bonds is 1. The number of aromatic nitrogens is 2. The first-order chi connectivity index (χ1) is 8.66. The topological polar surface area (TPSA) is 17.8 Å². The van der Waals surface area contributed by atoms with Crippen molar-refractivity contribution in [2.24, 2.45) is 0 Å². The molecule has 0 fully saturated rings. The lowest BCUT2D eigenvalue weighted by atomic mass is 9.98. The van der Waals surface area contributed by atoms with Crippen LogP contribution in [0.2, 0.25) is 5.15 Å². The molecule has 0 atom stereocenters. The Bertz CT molecular complexity index is 599. The molecule has 0 amide bonds. The summed E-state index contributed by atoms with van der Waals surface area (Å²) < 4.78 is 1.92. The molecule has 2 aromatic rings. The zero-order valence-electron chi connectivity index (χ0n) is 10.8. The molecule has 94 valence electrons. The van der Waals surface area contributed by atoms with Crippen molar-refractivity contribution in [2.45, 2.75) is 39.5 Å². The Hall–Kier alpha value is -1.28. The lowest BCUT2D eigenvalue weighted by Gasteiger charge is -2.09. The van der Waals surface area contributed by atoms with Gasteiger partial charge in [0.1, 0.15) is 5.15 Å². The summed E-state index contributed by atoms with van der Waals surface area (Å²) in [4.78, 5) is 0. The van der Waals surface area contributed by atoms with Crippen LogP contribution in [-0.2, 0) is 12.8 Å². The molecule has 18 heavy (non-hydrogen) atoms. The molecule has 3 heteroatoms. The lowest BCUT2D eigenvalue weighted by molar-refractivity contribution is 0.671. The van der Waals surface area contributed by atoms with Crippen molar-refractivity contribution in [1.29, 1.82) is 0 Å². The van der Waals surface area contributed by atoms with E-state index in [1.54, 1.807) is 0 Å². The van der Waals surface area contributed by atoms with Gasteiger partial charge in [-0.05, 0) is 56.7 Å². The van der Waals surface area contributed by atoms with Crippen LogP contribution in [0.15, 0.2) is 18.2 Å². The van der Waals surface area contributed by atoms with Crippen LogP contribution < -0.4 is 0 Å². The predicted octanol–water partition coefficient (Wildman–Crippen LogP) is 4.02. The first kappa shape index (κ1) is 11.8. The smallest absolute Gasteiger partial charge is 0.136 e. The van der Waals surface area contributed by atoms with Crippen LogP contribution in [0.5, 0.6) is 0 Å². The third kappa shape index (κ3) is 1.85. The maximum Gasteiger partial charge on any atom is 0.136 e. The summed E-state index contributed by atoms with van der Waals surface area (Å²) in [5.74, 6) is 0. The molecule has 3 rings (SSSR count). The number of hydrogen-bond donors (Lipinski definition) is 0. The molecule has 2 nitrogen and oxygen atoms in total. The highest BCUT2D eigenvalue weighted by Gasteiger charge is 2.20. The molecule has 0 saturated carbocycles. The van der Waals surface area contributed by atoms with E-state index in [-0.39, 0.29) is 0 Å². The first-order valence-electron chi connectivity index (χ1n) is 6.50. The molecule has 0 saturated heterocycles. The highest BCUT2D eigenvalue weighted by molar-refractivity contribution is 6.30. The largest absolute Gasteiger partial charge is 0.221 e. The van der Waals surface area contributed by atoms with Crippen LogP contribution in [0.4, 0.5) is 0 Å². The molecule has 1 aromatic carbocycles. The summed E-state index contributed by atoms with van der Waals surface area (Å²) in [6, 6.07) is 6.40. The van der Waals surface area contributed by atoms with Crippen LogP contribution in [0.3, 0.4) is 0 Å². The molecule has 0 unspecified atom stereocenters. The van der Waals surface area contributed by atoms with Crippen LogP contribution in [-0.4, -0.2) is 9.78 Å². The minimum absolute atomic E-state index is 0.804. The van der Waals surface area contributed by atoms with Crippen LogP contribution in [0.25, 0.3) is 5.69 Å². The zero-order valence-corrected chi connectivity index (χ0v) is 11.6. The Kier molecular flexibility index (Phi) is 2.90. The van der Waals surface area contributed by atoms with E-state index in [1.165, 1.54) is 35.2 Å². The van der Waals surface area contributed by atoms with Gasteiger partial charge in [0, 0.05) is 5.56 Å². The van der Waals surface area contributed by atoms with Gasteiger partial charge >= 0.3 is 0 Å². The fourth-order valence-corrected chi connectivity index (χ4v) is 2.95. The summed E-state index contributed by atoms with van der Waals surface area (Å²) in [5, 5.41) is 5.51. The quantitative estimate of drug-likeness (QED) is 0.757. The van der Waals surface area contributed by atoms with Crippen molar-refractivity contribution in [2.75, 3.05) is 0 Å². The summed E-state index contributed by atoms with van der Waals surface area (Å²) in [6.07, 6.45) is 4.59. The van der Waals surface area contributed by atoms with Crippen molar-refractivity contribution < 1.29 is 0 Å². The second kappa shape index (κ2) is 4.43. The average molecular weight is 261 g/mol. The second-order valence-corrected chi connectivity index (χ2v) is 5.48. The van der Waals surface area contributed by atoms with Gasteiger partial charge in [0.05, 0.1) is 11.4 Å². The molecule has 0 N–H and O–H groups in total. The van der Waals surface area contributed by atoms with Crippen molar-refractivity contribution in [1.82, 2.24) is 9.78 Å². The zero-order chi connectivity index (χ0) is 12.7. The van der Waals surface area contributed by atoms with Gasteiger partial charge in [-0.15, -0.1) is 0 Å². The monoisotopic (exact) mass is 260 g/mol. The standard InChI is InChI=1S/C15H17ClN2/c1-10-7-8-11(2)14(9-10)18-15(16)12-5-3-4-6-13(12)17-18/h7-9H,3-6H2,1-2H3. The molecule has 1 aromatic heterocycles. The van der Waals surface area contributed by atoms with Gasteiger partial charge in [-0.1, -0.05) is 23.7 Å². The number of halogens is 1. The predicted molar refractivity (Wildman–Crippen MR) is 74.7 cm³/mol. The highest BCUT2D eigenvalue weighted by atomic mass is 35.5. The molecule has 1 heterocycles. The molecule has 1 aliphatic rings. The average Bonchev–Trinajstić information content (AvgIpc) is 2.71. The van der Waals surface area contributed by atoms with Crippen molar-refractivity contribution in [3.05, 3.63) is 45.7 Å². The first-order valence-corrected chi connectivity index (χ1v) is 6.88. The van der Waals surface area contributed by atoms with E-state index >= 15 is 0 Å². The molecule has 1 aliphatic carbocycles. The normalized spacial score (nSPS) is 14.6. The van der Waals surface area contributed by atoms with E-state index in [1.807, 2.05) is 4.68 Å². The fraction of sp³-hybridized carbons (Fsp3) is 0.400. The van der Waals surface area contributed by atoms with Gasteiger partial charge in [0.15, 0.2) is 0 Å². The van der Waals surface area contributed by atoms with Crippen LogP contribution >= 0.6 is 11.6 Å². The Morgan fingerprint density at radius 3 is 2.72 bits per heavy atom. The number of benzene rings is 1. The fourth-order valence-electron chi connectivity index (χ4n) is 2.62. The summed E-state index contributed by atoms with van der Waals surface area (Å²) in [7, 11) is 0. The van der Waals surface area contributed by atoms with Crippen molar-refractivity contribution in [3.8, 4) is 5.69 Å². The maximum atomic E-state index is 6.50. The van der Waals surface area contributed by atoms with E-state index in [0.717, 1.165) is 23.7 Å². The van der Waals surface area contributed by atoms with E-state index < -0.39 is 0 Å². The van der Waals surface area contributed by atoms with Crippen molar-refractivity contribution >= 4 is 11.6 Å². The Morgan fingerprint density at radius 1 is 1.17 bits per heavy atom. The van der Waals surface area contributed by atoms with Gasteiger partial charge < -0.3 is 0 Å². The van der Waals surface area contributed by atoms with Gasteiger partial charge in [-0.2, -0.15) is 5.10 Å². The number of nitrogens with zero attached hydrogens (tertiary/aromatic N) is 2. The van der Waals surface area contributed by atoms with E-state index in [4.69, 9.17) is 16.7 Å². The van der Waals surface area contributed by atoms with E-state index in [2.05, 4.69) is 32.0 Å². The number of hydrogen-bond acceptors (Lipinski definition) is 1. The lowest BCUT2D eigenvalue weighted by Crippen LogP contribution is -2.01. The third-order valence-corrected chi connectivity index (χ3v) is 4.08. The van der Waals surface area contributed by atoms with E-state index in [9.17, 15) is 0 Å². The molecule has 0 aliphatic heterocycles. The van der Waals surface area contributed by atoms with Crippen LogP contribution in [0, 0.1) is 13.8 Å². The summed E-state index contributed by atoms with van der Waals surface area (Å²) >= 11 is 6.50. The number of fused-ring (bicyclic) bond motifs is 1. The number of aryl methyl sites for hydroxylation is 3. The highest BCUT2D eigenvalue weighted by Crippen LogP contribution is 2.30. The van der Waals surface area contributed by atoms with Crippen LogP contribution in [0.1, 0.15) is 35.2 Å². The molecule has 0 spiro atoms. The molecular weight excluding hydrogens is 244 g/mol. The second-order valence-electron chi connectivity index (χ2n) is 5.12. The van der Waals surface area contributed by atoms with Crippen molar-refractivity contribution in [3.63, 3.8) is 0 Å². The van der Waals surface area contributed by atoms with Gasteiger partial charge in [-0.25, -0.2) is 4.68 Å². The van der Waals surface area contributed by atoms with E-state index in [0.29, 0.717) is 0 Å². The summed E-state index contributed by atoms with van der Waals surface area (Å²) in [5.41, 5.74) is 5.99. The van der Waals surface area contributed by atoms with Gasteiger partial charge in [0.25, 0.3) is 0 Å². The molecule has 0 radical (unpaired) electrons.